The van der Waals surface area contributed by atoms with E-state index in [1.807, 2.05) is 6.07 Å². The molecule has 1 aromatic carbocycles. The highest BCUT2D eigenvalue weighted by Gasteiger charge is 2.11. The first-order chi connectivity index (χ1) is 9.28. The highest BCUT2D eigenvalue weighted by molar-refractivity contribution is 7.13. The third-order valence-corrected chi connectivity index (χ3v) is 4.20. The van der Waals surface area contributed by atoms with E-state index in [1.165, 1.54) is 16.8 Å². The fraction of sp³-hybridized carbons (Fsp3) is 0.400. The van der Waals surface area contributed by atoms with Crippen LogP contribution >= 0.6 is 11.3 Å². The van der Waals surface area contributed by atoms with Gasteiger partial charge in [0.05, 0.1) is 5.69 Å². The molecular formula is C15H21N3S. The zero-order valence-electron chi connectivity index (χ0n) is 11.6. The maximum atomic E-state index is 5.80. The SMILES string of the molecule is CCc1csc(N(CC)Cc2ccccc2CN)n1. The Hall–Kier alpha value is -1.39. The molecule has 1 heterocycles. The van der Waals surface area contributed by atoms with Crippen molar-refractivity contribution >= 4 is 16.5 Å². The standard InChI is InChI=1S/C15H21N3S/c1-3-14-11-19-15(17-14)18(4-2)10-13-8-6-5-7-12(13)9-16/h5-8,11H,3-4,9-10,16H2,1-2H3. The van der Waals surface area contributed by atoms with Crippen molar-refractivity contribution < 1.29 is 0 Å². The van der Waals surface area contributed by atoms with E-state index in [0.717, 1.165) is 24.6 Å². The first-order valence-electron chi connectivity index (χ1n) is 6.74. The van der Waals surface area contributed by atoms with E-state index >= 15 is 0 Å². The maximum absolute atomic E-state index is 5.80. The summed E-state index contributed by atoms with van der Waals surface area (Å²) in [5, 5.41) is 3.25. The lowest BCUT2D eigenvalue weighted by Crippen LogP contribution is -2.23. The Kier molecular flexibility index (Phi) is 4.93. The van der Waals surface area contributed by atoms with Gasteiger partial charge in [-0.15, -0.1) is 11.3 Å². The van der Waals surface area contributed by atoms with Crippen molar-refractivity contribution in [3.05, 3.63) is 46.5 Å². The molecule has 0 aliphatic rings. The highest BCUT2D eigenvalue weighted by atomic mass is 32.1. The normalized spacial score (nSPS) is 10.7. The van der Waals surface area contributed by atoms with E-state index in [4.69, 9.17) is 5.73 Å². The van der Waals surface area contributed by atoms with Crippen LogP contribution in [0.1, 0.15) is 30.7 Å². The number of thiazole rings is 1. The van der Waals surface area contributed by atoms with Gasteiger partial charge in [-0.3, -0.25) is 0 Å². The van der Waals surface area contributed by atoms with Gasteiger partial charge in [-0.1, -0.05) is 31.2 Å². The van der Waals surface area contributed by atoms with E-state index in [-0.39, 0.29) is 0 Å². The second-order valence-corrected chi connectivity index (χ2v) is 5.30. The molecule has 0 unspecified atom stereocenters. The number of aryl methyl sites for hydroxylation is 1. The molecule has 2 N–H and O–H groups in total. The van der Waals surface area contributed by atoms with Gasteiger partial charge in [-0.05, 0) is 24.5 Å². The second-order valence-electron chi connectivity index (χ2n) is 4.46. The lowest BCUT2D eigenvalue weighted by molar-refractivity contribution is 0.810. The molecule has 0 bridgehead atoms. The number of anilines is 1. The quantitative estimate of drug-likeness (QED) is 0.880. The second kappa shape index (κ2) is 6.68. The fourth-order valence-corrected chi connectivity index (χ4v) is 3.01. The average molecular weight is 275 g/mol. The molecule has 2 aromatic rings. The molecule has 0 saturated heterocycles. The summed E-state index contributed by atoms with van der Waals surface area (Å²) in [6.07, 6.45) is 0.993. The van der Waals surface area contributed by atoms with Gasteiger partial charge in [0, 0.05) is 25.0 Å². The first kappa shape index (κ1) is 14.0. The number of hydrogen-bond acceptors (Lipinski definition) is 4. The van der Waals surface area contributed by atoms with Crippen molar-refractivity contribution in [2.24, 2.45) is 5.73 Å². The summed E-state index contributed by atoms with van der Waals surface area (Å²) >= 11 is 1.72. The zero-order chi connectivity index (χ0) is 13.7. The summed E-state index contributed by atoms with van der Waals surface area (Å²) in [5.74, 6) is 0. The maximum Gasteiger partial charge on any atom is 0.185 e. The van der Waals surface area contributed by atoms with E-state index in [2.05, 4.69) is 47.3 Å². The summed E-state index contributed by atoms with van der Waals surface area (Å²) in [6.45, 7) is 6.72. The number of hydrogen-bond donors (Lipinski definition) is 1. The molecule has 0 fully saturated rings. The van der Waals surface area contributed by atoms with Crippen LogP contribution in [0.3, 0.4) is 0 Å². The molecule has 0 spiro atoms. The molecule has 0 radical (unpaired) electrons. The Labute approximate surface area is 119 Å². The Morgan fingerprint density at radius 1 is 1.21 bits per heavy atom. The van der Waals surface area contributed by atoms with Gasteiger partial charge >= 0.3 is 0 Å². The fourth-order valence-electron chi connectivity index (χ4n) is 2.04. The van der Waals surface area contributed by atoms with Crippen LogP contribution in [0.4, 0.5) is 5.13 Å². The molecule has 19 heavy (non-hydrogen) atoms. The van der Waals surface area contributed by atoms with Crippen molar-refractivity contribution in [1.82, 2.24) is 4.98 Å². The molecule has 3 nitrogen and oxygen atoms in total. The molecule has 102 valence electrons. The summed E-state index contributed by atoms with van der Waals surface area (Å²) in [4.78, 5) is 6.97. The van der Waals surface area contributed by atoms with Crippen molar-refractivity contribution in [1.29, 1.82) is 0 Å². The summed E-state index contributed by atoms with van der Waals surface area (Å²) in [7, 11) is 0. The molecule has 4 heteroatoms. The predicted octanol–water partition coefficient (Wildman–Crippen LogP) is 3.19. The zero-order valence-corrected chi connectivity index (χ0v) is 12.4. The van der Waals surface area contributed by atoms with Crippen LogP contribution in [0.5, 0.6) is 0 Å². The lowest BCUT2D eigenvalue weighted by Gasteiger charge is -2.21. The molecule has 0 aliphatic heterocycles. The van der Waals surface area contributed by atoms with Crippen LogP contribution in [0.25, 0.3) is 0 Å². The first-order valence-corrected chi connectivity index (χ1v) is 7.62. The topological polar surface area (TPSA) is 42.1 Å². The summed E-state index contributed by atoms with van der Waals surface area (Å²) in [6, 6.07) is 8.36. The molecular weight excluding hydrogens is 254 g/mol. The summed E-state index contributed by atoms with van der Waals surface area (Å²) in [5.41, 5.74) is 9.48. The van der Waals surface area contributed by atoms with Gasteiger partial charge in [0.25, 0.3) is 0 Å². The highest BCUT2D eigenvalue weighted by Crippen LogP contribution is 2.23. The number of nitrogens with two attached hydrogens (primary N) is 1. The van der Waals surface area contributed by atoms with Crippen molar-refractivity contribution in [2.45, 2.75) is 33.4 Å². The number of benzene rings is 1. The number of rotatable bonds is 6. The summed E-state index contributed by atoms with van der Waals surface area (Å²) < 4.78 is 0. The smallest absolute Gasteiger partial charge is 0.185 e. The molecule has 2 rings (SSSR count). The Morgan fingerprint density at radius 3 is 2.53 bits per heavy atom. The van der Waals surface area contributed by atoms with Gasteiger partial charge in [-0.2, -0.15) is 0 Å². The molecule has 0 saturated carbocycles. The van der Waals surface area contributed by atoms with E-state index < -0.39 is 0 Å². The third kappa shape index (κ3) is 3.33. The van der Waals surface area contributed by atoms with Gasteiger partial charge < -0.3 is 10.6 Å². The van der Waals surface area contributed by atoms with Crippen LogP contribution in [-0.2, 0) is 19.5 Å². The van der Waals surface area contributed by atoms with E-state index in [0.29, 0.717) is 6.54 Å². The average Bonchev–Trinajstić information content (AvgIpc) is 2.93. The minimum Gasteiger partial charge on any atom is -0.344 e. The Balaban J connectivity index is 2.18. The predicted molar refractivity (Wildman–Crippen MR) is 82.5 cm³/mol. The van der Waals surface area contributed by atoms with Gasteiger partial charge in [0.15, 0.2) is 5.13 Å². The minimum atomic E-state index is 0.589. The van der Waals surface area contributed by atoms with E-state index in [1.54, 1.807) is 11.3 Å². The Morgan fingerprint density at radius 2 is 1.95 bits per heavy atom. The van der Waals surface area contributed by atoms with E-state index in [9.17, 15) is 0 Å². The van der Waals surface area contributed by atoms with Crippen LogP contribution in [0, 0.1) is 0 Å². The third-order valence-electron chi connectivity index (χ3n) is 3.25. The minimum absolute atomic E-state index is 0.589. The lowest BCUT2D eigenvalue weighted by atomic mass is 10.1. The van der Waals surface area contributed by atoms with Crippen molar-refractivity contribution in [2.75, 3.05) is 11.4 Å². The Bertz CT molecular complexity index is 522. The number of aromatic nitrogens is 1. The van der Waals surface area contributed by atoms with Crippen LogP contribution in [0.15, 0.2) is 29.6 Å². The molecule has 0 amide bonds. The van der Waals surface area contributed by atoms with Crippen molar-refractivity contribution in [3.8, 4) is 0 Å². The molecule has 0 aliphatic carbocycles. The van der Waals surface area contributed by atoms with Crippen LogP contribution in [0.2, 0.25) is 0 Å². The van der Waals surface area contributed by atoms with Crippen LogP contribution < -0.4 is 10.6 Å². The number of nitrogens with zero attached hydrogens (tertiary/aromatic N) is 2. The van der Waals surface area contributed by atoms with Gasteiger partial charge in [0.1, 0.15) is 0 Å². The monoisotopic (exact) mass is 275 g/mol. The largest absolute Gasteiger partial charge is 0.344 e. The molecule has 0 atom stereocenters. The molecule has 1 aromatic heterocycles. The van der Waals surface area contributed by atoms with Crippen LogP contribution in [-0.4, -0.2) is 11.5 Å². The van der Waals surface area contributed by atoms with Gasteiger partial charge in [0.2, 0.25) is 0 Å². The van der Waals surface area contributed by atoms with Gasteiger partial charge in [-0.25, -0.2) is 4.98 Å². The van der Waals surface area contributed by atoms with Crippen molar-refractivity contribution in [3.63, 3.8) is 0 Å².